The minimum Gasteiger partial charge on any atom is -0.465 e. The molecule has 0 N–H and O–H groups in total. The van der Waals surface area contributed by atoms with E-state index in [0.717, 1.165) is 37.4 Å². The number of carbonyl (C=O) groups is 1. The van der Waals surface area contributed by atoms with Gasteiger partial charge in [0.25, 0.3) is 0 Å². The smallest absolute Gasteiger partial charge is 0.337 e. The molecule has 5 nitrogen and oxygen atoms in total. The van der Waals surface area contributed by atoms with Gasteiger partial charge in [-0.15, -0.1) is 0 Å². The number of esters is 1. The largest absolute Gasteiger partial charge is 0.465 e. The van der Waals surface area contributed by atoms with E-state index in [-0.39, 0.29) is 12.0 Å². The number of benzene rings is 1. The molecule has 0 radical (unpaired) electrons. The molecule has 1 aromatic carbocycles. The van der Waals surface area contributed by atoms with Crippen molar-refractivity contribution in [2.24, 2.45) is 0 Å². The van der Waals surface area contributed by atoms with E-state index < -0.39 is 0 Å². The third-order valence-corrected chi connectivity index (χ3v) is 4.59. The van der Waals surface area contributed by atoms with E-state index in [2.05, 4.69) is 30.0 Å². The quantitative estimate of drug-likeness (QED) is 0.779. The van der Waals surface area contributed by atoms with Crippen LogP contribution in [0.3, 0.4) is 0 Å². The Bertz CT molecular complexity index is 691. The summed E-state index contributed by atoms with van der Waals surface area (Å²) < 4.78 is 10.3. The number of carbonyl (C=O) groups excluding carboxylic acids is 1. The molecule has 1 saturated heterocycles. The van der Waals surface area contributed by atoms with E-state index in [1.165, 1.54) is 12.7 Å². The third kappa shape index (κ3) is 3.51. The van der Waals surface area contributed by atoms with Crippen molar-refractivity contribution >= 4 is 5.97 Å². The fourth-order valence-electron chi connectivity index (χ4n) is 3.17. The number of rotatable bonds is 5. The molecule has 1 aliphatic rings. The minimum atomic E-state index is -0.302. The van der Waals surface area contributed by atoms with Gasteiger partial charge in [0.05, 0.1) is 24.4 Å². The minimum absolute atomic E-state index is 0.283. The number of hydrogen-bond acceptors (Lipinski definition) is 5. The number of ether oxygens (including phenoxy) is 1. The molecule has 0 bridgehead atoms. The monoisotopic (exact) mass is 328 g/mol. The van der Waals surface area contributed by atoms with Gasteiger partial charge in [-0.3, -0.25) is 4.90 Å². The van der Waals surface area contributed by atoms with Crippen molar-refractivity contribution in [2.75, 3.05) is 13.7 Å². The Kier molecular flexibility index (Phi) is 5.00. The molecule has 0 spiro atoms. The first-order valence-corrected chi connectivity index (χ1v) is 8.46. The van der Waals surface area contributed by atoms with Crippen molar-refractivity contribution in [3.63, 3.8) is 0 Å². The van der Waals surface area contributed by atoms with E-state index in [9.17, 15) is 4.79 Å². The van der Waals surface area contributed by atoms with Crippen molar-refractivity contribution in [3.05, 3.63) is 52.9 Å². The van der Waals surface area contributed by atoms with Gasteiger partial charge in [0.15, 0.2) is 5.76 Å². The Morgan fingerprint density at radius 2 is 2.12 bits per heavy atom. The van der Waals surface area contributed by atoms with E-state index >= 15 is 0 Å². The lowest BCUT2D eigenvalue weighted by Crippen LogP contribution is -2.22. The molecule has 24 heavy (non-hydrogen) atoms. The molecule has 128 valence electrons. The summed E-state index contributed by atoms with van der Waals surface area (Å²) in [6.07, 6.45) is 2.25. The van der Waals surface area contributed by atoms with Crippen LogP contribution in [0.15, 0.2) is 34.9 Å². The zero-order valence-electron chi connectivity index (χ0n) is 14.5. The first kappa shape index (κ1) is 16.7. The lowest BCUT2D eigenvalue weighted by Gasteiger charge is -2.22. The topological polar surface area (TPSA) is 55.6 Å². The van der Waals surface area contributed by atoms with Gasteiger partial charge in [0.1, 0.15) is 0 Å². The molecule has 0 amide bonds. The summed E-state index contributed by atoms with van der Waals surface area (Å²) >= 11 is 0. The molecular formula is C19H24N2O3. The molecule has 0 unspecified atom stereocenters. The Morgan fingerprint density at radius 1 is 1.38 bits per heavy atom. The van der Waals surface area contributed by atoms with E-state index in [1.807, 2.05) is 24.3 Å². The average Bonchev–Trinajstić information content (AvgIpc) is 3.23. The molecule has 5 heteroatoms. The van der Waals surface area contributed by atoms with Crippen LogP contribution < -0.4 is 0 Å². The van der Waals surface area contributed by atoms with Gasteiger partial charge in [0.2, 0.25) is 0 Å². The molecule has 3 rings (SSSR count). The van der Waals surface area contributed by atoms with Crippen LogP contribution in [-0.4, -0.2) is 29.7 Å². The maximum Gasteiger partial charge on any atom is 0.337 e. The fourth-order valence-corrected chi connectivity index (χ4v) is 3.17. The second-order valence-electron chi connectivity index (χ2n) is 6.63. The van der Waals surface area contributed by atoms with Gasteiger partial charge in [0, 0.05) is 12.6 Å². The van der Waals surface area contributed by atoms with Gasteiger partial charge in [-0.25, -0.2) is 4.79 Å². The van der Waals surface area contributed by atoms with Crippen LogP contribution in [0.1, 0.15) is 66.0 Å². The van der Waals surface area contributed by atoms with Crippen molar-refractivity contribution in [1.29, 1.82) is 0 Å². The zero-order valence-corrected chi connectivity index (χ0v) is 14.5. The standard InChI is InChI=1S/C19H24N2O3/c1-13(2)16-11-18(24-20-16)17-5-4-10-21(17)12-14-6-8-15(9-7-14)19(22)23-3/h6-9,11,13,17H,4-5,10,12H2,1-3H3/t17-/m1/s1. The number of methoxy groups -OCH3 is 1. The van der Waals surface area contributed by atoms with Crippen LogP contribution in [0.25, 0.3) is 0 Å². The van der Waals surface area contributed by atoms with Crippen molar-refractivity contribution < 1.29 is 14.1 Å². The predicted molar refractivity (Wildman–Crippen MR) is 90.8 cm³/mol. The van der Waals surface area contributed by atoms with Crippen LogP contribution in [0.2, 0.25) is 0 Å². The predicted octanol–water partition coefficient (Wildman–Crippen LogP) is 3.92. The van der Waals surface area contributed by atoms with Gasteiger partial charge in [-0.05, 0) is 43.0 Å². The summed E-state index contributed by atoms with van der Waals surface area (Å²) in [6.45, 7) is 6.12. The number of nitrogens with zero attached hydrogens (tertiary/aromatic N) is 2. The summed E-state index contributed by atoms with van der Waals surface area (Å²) in [5.41, 5.74) is 2.77. The normalized spacial score (nSPS) is 18.2. The summed E-state index contributed by atoms with van der Waals surface area (Å²) in [7, 11) is 1.40. The summed E-state index contributed by atoms with van der Waals surface area (Å²) in [5, 5.41) is 4.19. The lowest BCUT2D eigenvalue weighted by atomic mass is 10.1. The average molecular weight is 328 g/mol. The van der Waals surface area contributed by atoms with Crippen molar-refractivity contribution in [2.45, 2.75) is 45.2 Å². The zero-order chi connectivity index (χ0) is 17.1. The Balaban J connectivity index is 1.70. The Morgan fingerprint density at radius 3 is 2.75 bits per heavy atom. The van der Waals surface area contributed by atoms with Crippen LogP contribution in [0.5, 0.6) is 0 Å². The highest BCUT2D eigenvalue weighted by atomic mass is 16.5. The van der Waals surface area contributed by atoms with E-state index in [1.54, 1.807) is 0 Å². The highest BCUT2D eigenvalue weighted by molar-refractivity contribution is 5.89. The van der Waals surface area contributed by atoms with Crippen LogP contribution in [-0.2, 0) is 11.3 Å². The van der Waals surface area contributed by atoms with Gasteiger partial charge < -0.3 is 9.26 Å². The van der Waals surface area contributed by atoms with E-state index in [4.69, 9.17) is 9.26 Å². The highest BCUT2D eigenvalue weighted by Crippen LogP contribution is 2.34. The Labute approximate surface area is 142 Å². The molecule has 1 aliphatic heterocycles. The van der Waals surface area contributed by atoms with Gasteiger partial charge >= 0.3 is 5.97 Å². The molecule has 1 atom stereocenters. The molecule has 2 aromatic rings. The first-order valence-electron chi connectivity index (χ1n) is 8.46. The van der Waals surface area contributed by atoms with Crippen molar-refractivity contribution in [1.82, 2.24) is 10.1 Å². The lowest BCUT2D eigenvalue weighted by molar-refractivity contribution is 0.0600. The van der Waals surface area contributed by atoms with E-state index in [0.29, 0.717) is 11.5 Å². The SMILES string of the molecule is COC(=O)c1ccc(CN2CCC[C@@H]2c2cc(C(C)C)no2)cc1. The second-order valence-corrected chi connectivity index (χ2v) is 6.63. The third-order valence-electron chi connectivity index (χ3n) is 4.59. The summed E-state index contributed by atoms with van der Waals surface area (Å²) in [4.78, 5) is 13.9. The highest BCUT2D eigenvalue weighted by Gasteiger charge is 2.29. The maximum atomic E-state index is 11.5. The second kappa shape index (κ2) is 7.18. The molecule has 0 saturated carbocycles. The first-order chi connectivity index (χ1) is 11.6. The number of aromatic nitrogens is 1. The molecule has 2 heterocycles. The summed E-state index contributed by atoms with van der Waals surface area (Å²) in [6, 6.07) is 9.98. The molecule has 1 fully saturated rings. The van der Waals surface area contributed by atoms with Crippen molar-refractivity contribution in [3.8, 4) is 0 Å². The van der Waals surface area contributed by atoms with Gasteiger partial charge in [-0.1, -0.05) is 31.1 Å². The van der Waals surface area contributed by atoms with Crippen LogP contribution >= 0.6 is 0 Å². The maximum absolute atomic E-state index is 11.5. The van der Waals surface area contributed by atoms with Crippen LogP contribution in [0.4, 0.5) is 0 Å². The molecule has 0 aliphatic carbocycles. The number of hydrogen-bond donors (Lipinski definition) is 0. The fraction of sp³-hybridized carbons (Fsp3) is 0.474. The summed E-state index contributed by atoms with van der Waals surface area (Å²) in [5.74, 6) is 1.04. The molecular weight excluding hydrogens is 304 g/mol. The van der Waals surface area contributed by atoms with Gasteiger partial charge in [-0.2, -0.15) is 0 Å². The Hall–Kier alpha value is -2.14. The molecule has 1 aromatic heterocycles. The van der Waals surface area contributed by atoms with Crippen LogP contribution in [0, 0.1) is 0 Å². The number of likely N-dealkylation sites (tertiary alicyclic amines) is 1.